The van der Waals surface area contributed by atoms with E-state index in [0.717, 1.165) is 24.8 Å². The van der Waals surface area contributed by atoms with Crippen LogP contribution in [-0.2, 0) is 12.0 Å². The Balaban J connectivity index is 2.85. The molecule has 78 valence electrons. The van der Waals surface area contributed by atoms with Gasteiger partial charge in [-0.1, -0.05) is 44.5 Å². The van der Waals surface area contributed by atoms with Crippen LogP contribution in [0.15, 0.2) is 24.3 Å². The zero-order valence-corrected chi connectivity index (χ0v) is 9.38. The molecule has 0 amide bonds. The maximum Gasteiger partial charge on any atom is 0.0868 e. The van der Waals surface area contributed by atoms with Gasteiger partial charge < -0.3 is 5.11 Å². The molecule has 1 heteroatoms. The van der Waals surface area contributed by atoms with E-state index < -0.39 is 5.60 Å². The Labute approximate surface area is 86.8 Å². The Morgan fingerprint density at radius 1 is 1.14 bits per heavy atom. The highest BCUT2D eigenvalue weighted by Gasteiger charge is 2.21. The standard InChI is InChI=1S/C13H20O/c1-4-10-13(3,14)12-8-6-11(5-2)7-9-12/h6-9,14H,4-5,10H2,1-3H3/t13-/m0/s1. The van der Waals surface area contributed by atoms with Crippen LogP contribution in [0.25, 0.3) is 0 Å². The summed E-state index contributed by atoms with van der Waals surface area (Å²) in [5, 5.41) is 10.1. The van der Waals surface area contributed by atoms with E-state index in [1.807, 2.05) is 19.1 Å². The highest BCUT2D eigenvalue weighted by molar-refractivity contribution is 5.26. The van der Waals surface area contributed by atoms with Crippen molar-refractivity contribution in [1.82, 2.24) is 0 Å². The van der Waals surface area contributed by atoms with Crippen molar-refractivity contribution < 1.29 is 5.11 Å². The van der Waals surface area contributed by atoms with Crippen molar-refractivity contribution in [3.8, 4) is 0 Å². The number of benzene rings is 1. The third-order valence-corrected chi connectivity index (χ3v) is 2.72. The lowest BCUT2D eigenvalue weighted by Gasteiger charge is -2.23. The molecule has 0 unspecified atom stereocenters. The molecule has 0 spiro atoms. The summed E-state index contributed by atoms with van der Waals surface area (Å²) >= 11 is 0. The van der Waals surface area contributed by atoms with Crippen LogP contribution in [0.1, 0.15) is 44.7 Å². The fourth-order valence-corrected chi connectivity index (χ4v) is 1.73. The molecule has 0 aromatic heterocycles. The molecule has 0 aliphatic rings. The van der Waals surface area contributed by atoms with E-state index in [4.69, 9.17) is 0 Å². The molecule has 0 saturated heterocycles. The number of hydrogen-bond acceptors (Lipinski definition) is 1. The summed E-state index contributed by atoms with van der Waals surface area (Å²) in [4.78, 5) is 0. The summed E-state index contributed by atoms with van der Waals surface area (Å²) < 4.78 is 0. The van der Waals surface area contributed by atoms with Gasteiger partial charge in [0, 0.05) is 0 Å². The minimum absolute atomic E-state index is 0.666. The third-order valence-electron chi connectivity index (χ3n) is 2.72. The van der Waals surface area contributed by atoms with Crippen molar-refractivity contribution in [2.75, 3.05) is 0 Å². The summed E-state index contributed by atoms with van der Waals surface area (Å²) in [6, 6.07) is 8.27. The molecule has 1 aromatic carbocycles. The Morgan fingerprint density at radius 3 is 2.14 bits per heavy atom. The average molecular weight is 192 g/mol. The topological polar surface area (TPSA) is 20.2 Å². The molecule has 1 atom stereocenters. The molecule has 0 saturated carbocycles. The van der Waals surface area contributed by atoms with Gasteiger partial charge in [0.15, 0.2) is 0 Å². The smallest absolute Gasteiger partial charge is 0.0868 e. The molecule has 0 aliphatic carbocycles. The van der Waals surface area contributed by atoms with E-state index >= 15 is 0 Å². The second-order valence-corrected chi connectivity index (χ2v) is 4.07. The number of rotatable bonds is 4. The molecule has 0 bridgehead atoms. The monoisotopic (exact) mass is 192 g/mol. The summed E-state index contributed by atoms with van der Waals surface area (Å²) in [6.07, 6.45) is 2.87. The van der Waals surface area contributed by atoms with Gasteiger partial charge in [-0.05, 0) is 30.9 Å². The minimum atomic E-state index is -0.666. The molecule has 1 rings (SSSR count). The number of hydrogen-bond donors (Lipinski definition) is 1. The van der Waals surface area contributed by atoms with Crippen LogP contribution in [0.4, 0.5) is 0 Å². The first-order valence-corrected chi connectivity index (χ1v) is 5.42. The molecule has 14 heavy (non-hydrogen) atoms. The van der Waals surface area contributed by atoms with Crippen LogP contribution >= 0.6 is 0 Å². The molecular formula is C13H20O. The van der Waals surface area contributed by atoms with E-state index in [1.54, 1.807) is 0 Å². The van der Waals surface area contributed by atoms with Gasteiger partial charge in [-0.3, -0.25) is 0 Å². The van der Waals surface area contributed by atoms with Gasteiger partial charge in [-0.25, -0.2) is 0 Å². The lowest BCUT2D eigenvalue weighted by molar-refractivity contribution is 0.0469. The van der Waals surface area contributed by atoms with Crippen LogP contribution in [-0.4, -0.2) is 5.11 Å². The van der Waals surface area contributed by atoms with Gasteiger partial charge in [0.05, 0.1) is 5.60 Å². The zero-order valence-electron chi connectivity index (χ0n) is 9.38. The molecule has 1 aromatic rings. The molecule has 1 N–H and O–H groups in total. The van der Waals surface area contributed by atoms with Gasteiger partial charge >= 0.3 is 0 Å². The zero-order chi connectivity index (χ0) is 10.6. The Hall–Kier alpha value is -0.820. The van der Waals surface area contributed by atoms with Crippen molar-refractivity contribution in [2.45, 2.75) is 45.6 Å². The fourth-order valence-electron chi connectivity index (χ4n) is 1.73. The van der Waals surface area contributed by atoms with E-state index in [9.17, 15) is 5.11 Å². The Kier molecular flexibility index (Phi) is 3.70. The van der Waals surface area contributed by atoms with Crippen LogP contribution in [0.5, 0.6) is 0 Å². The predicted octanol–water partition coefficient (Wildman–Crippen LogP) is 3.26. The second-order valence-electron chi connectivity index (χ2n) is 4.07. The fraction of sp³-hybridized carbons (Fsp3) is 0.538. The molecule has 0 heterocycles. The summed E-state index contributed by atoms with van der Waals surface area (Å²) in [5.74, 6) is 0. The molecule has 0 radical (unpaired) electrons. The highest BCUT2D eigenvalue weighted by Crippen LogP contribution is 2.25. The normalized spacial score (nSPS) is 15.1. The lowest BCUT2D eigenvalue weighted by Crippen LogP contribution is -2.20. The van der Waals surface area contributed by atoms with Gasteiger partial charge in [-0.15, -0.1) is 0 Å². The van der Waals surface area contributed by atoms with Crippen molar-refractivity contribution >= 4 is 0 Å². The second kappa shape index (κ2) is 4.61. The van der Waals surface area contributed by atoms with Gasteiger partial charge in [-0.2, -0.15) is 0 Å². The molecule has 1 nitrogen and oxygen atoms in total. The number of aliphatic hydroxyl groups is 1. The maximum absolute atomic E-state index is 10.1. The molecule has 0 aliphatic heterocycles. The first kappa shape index (κ1) is 11.3. The summed E-state index contributed by atoms with van der Waals surface area (Å²) in [5.41, 5.74) is 1.68. The van der Waals surface area contributed by atoms with Crippen molar-refractivity contribution in [1.29, 1.82) is 0 Å². The average Bonchev–Trinajstić information content (AvgIpc) is 2.18. The van der Waals surface area contributed by atoms with Crippen LogP contribution in [0, 0.1) is 0 Å². The predicted molar refractivity (Wildman–Crippen MR) is 60.3 cm³/mol. The van der Waals surface area contributed by atoms with Gasteiger partial charge in [0.1, 0.15) is 0 Å². The lowest BCUT2D eigenvalue weighted by atomic mass is 9.91. The van der Waals surface area contributed by atoms with Gasteiger partial charge in [0.25, 0.3) is 0 Å². The van der Waals surface area contributed by atoms with E-state index in [-0.39, 0.29) is 0 Å². The number of aryl methyl sites for hydroxylation is 1. The SMILES string of the molecule is CCC[C@](C)(O)c1ccc(CC)cc1. The van der Waals surface area contributed by atoms with E-state index in [2.05, 4.69) is 26.0 Å². The quantitative estimate of drug-likeness (QED) is 0.776. The summed E-state index contributed by atoms with van der Waals surface area (Å²) in [7, 11) is 0. The molecular weight excluding hydrogens is 172 g/mol. The van der Waals surface area contributed by atoms with Crippen molar-refractivity contribution in [3.63, 3.8) is 0 Å². The van der Waals surface area contributed by atoms with Crippen molar-refractivity contribution in [3.05, 3.63) is 35.4 Å². The van der Waals surface area contributed by atoms with E-state index in [0.29, 0.717) is 0 Å². The minimum Gasteiger partial charge on any atom is -0.385 e. The first-order valence-electron chi connectivity index (χ1n) is 5.42. The molecule has 0 fully saturated rings. The first-order chi connectivity index (χ1) is 6.60. The van der Waals surface area contributed by atoms with Crippen molar-refractivity contribution in [2.24, 2.45) is 0 Å². The summed E-state index contributed by atoms with van der Waals surface area (Å²) in [6.45, 7) is 6.12. The largest absolute Gasteiger partial charge is 0.385 e. The Morgan fingerprint density at radius 2 is 1.71 bits per heavy atom. The highest BCUT2D eigenvalue weighted by atomic mass is 16.3. The van der Waals surface area contributed by atoms with Crippen LogP contribution < -0.4 is 0 Å². The van der Waals surface area contributed by atoms with Gasteiger partial charge in [0.2, 0.25) is 0 Å². The third kappa shape index (κ3) is 2.58. The van der Waals surface area contributed by atoms with Crippen LogP contribution in [0.2, 0.25) is 0 Å². The maximum atomic E-state index is 10.1. The van der Waals surface area contributed by atoms with Crippen LogP contribution in [0.3, 0.4) is 0 Å². The van der Waals surface area contributed by atoms with E-state index in [1.165, 1.54) is 5.56 Å². The Bertz CT molecular complexity index is 272.